The maximum Gasteiger partial charge on any atom is 0.224 e. The van der Waals surface area contributed by atoms with Crippen molar-refractivity contribution in [3.63, 3.8) is 0 Å². The van der Waals surface area contributed by atoms with Crippen molar-refractivity contribution >= 4 is 40.4 Å². The van der Waals surface area contributed by atoms with Crippen LogP contribution in [0.5, 0.6) is 5.75 Å². The zero-order valence-electron chi connectivity index (χ0n) is 13.0. The lowest BCUT2D eigenvalue weighted by molar-refractivity contribution is 0.350. The van der Waals surface area contributed by atoms with Gasteiger partial charge in [-0.05, 0) is 54.3 Å². The van der Waals surface area contributed by atoms with Gasteiger partial charge in [0.05, 0.1) is 11.9 Å². The second-order valence-electron chi connectivity index (χ2n) is 5.41. The Morgan fingerprint density at radius 2 is 1.92 bits per heavy atom. The van der Waals surface area contributed by atoms with Gasteiger partial charge in [0.2, 0.25) is 5.28 Å². The standard InChI is InChI=1S/C17H14Cl2N5O/c18-14-9-22-17(19)24-16(14)23-13-3-4-15(25)11(6-13)2-1-10-5-12(20)8-21-7-10/h3-9H,1-2,20H2,(H,22,23,24). The Balaban J connectivity index is 1.77. The first-order valence-electron chi connectivity index (χ1n) is 7.45. The van der Waals surface area contributed by atoms with Gasteiger partial charge in [-0.15, -0.1) is 0 Å². The summed E-state index contributed by atoms with van der Waals surface area (Å²) >= 11 is 11.8. The molecular formula is C17H14Cl2N5O. The molecule has 0 aliphatic heterocycles. The van der Waals surface area contributed by atoms with Gasteiger partial charge in [-0.25, -0.2) is 4.98 Å². The lowest BCUT2D eigenvalue weighted by Gasteiger charge is -2.10. The number of nitrogen functional groups attached to an aromatic ring is 1. The van der Waals surface area contributed by atoms with E-state index in [1.54, 1.807) is 24.5 Å². The molecule has 8 heteroatoms. The van der Waals surface area contributed by atoms with Crippen LogP contribution in [-0.2, 0) is 17.9 Å². The Kier molecular flexibility index (Phi) is 5.21. The minimum absolute atomic E-state index is 0.0331. The summed E-state index contributed by atoms with van der Waals surface area (Å²) in [5.74, 6) is 0.348. The van der Waals surface area contributed by atoms with Crippen molar-refractivity contribution in [1.82, 2.24) is 15.0 Å². The van der Waals surface area contributed by atoms with Crippen molar-refractivity contribution in [3.8, 4) is 5.75 Å². The largest absolute Gasteiger partial charge is 0.397 e. The normalized spacial score (nSPS) is 10.6. The average Bonchev–Trinajstić information content (AvgIpc) is 2.58. The van der Waals surface area contributed by atoms with E-state index >= 15 is 0 Å². The van der Waals surface area contributed by atoms with E-state index in [2.05, 4.69) is 20.3 Å². The highest BCUT2D eigenvalue weighted by Crippen LogP contribution is 2.28. The Morgan fingerprint density at radius 3 is 2.72 bits per heavy atom. The molecule has 0 saturated carbocycles. The third-order valence-electron chi connectivity index (χ3n) is 3.54. The summed E-state index contributed by atoms with van der Waals surface area (Å²) < 4.78 is 0. The molecule has 0 aliphatic carbocycles. The predicted molar refractivity (Wildman–Crippen MR) is 98.0 cm³/mol. The Labute approximate surface area is 154 Å². The van der Waals surface area contributed by atoms with E-state index in [1.807, 2.05) is 6.07 Å². The molecule has 0 saturated heterocycles. The molecule has 25 heavy (non-hydrogen) atoms. The molecule has 0 unspecified atom stereocenters. The summed E-state index contributed by atoms with van der Waals surface area (Å²) in [6.07, 6.45) is 5.97. The molecule has 1 radical (unpaired) electrons. The Bertz CT molecular complexity index is 904. The number of nitrogens with one attached hydrogen (secondary N) is 1. The highest BCUT2D eigenvalue weighted by molar-refractivity contribution is 6.33. The summed E-state index contributed by atoms with van der Waals surface area (Å²) in [6, 6.07) is 6.79. The molecule has 0 bridgehead atoms. The zero-order chi connectivity index (χ0) is 17.8. The van der Waals surface area contributed by atoms with Crippen LogP contribution < -0.4 is 11.1 Å². The van der Waals surface area contributed by atoms with Gasteiger partial charge < -0.3 is 11.1 Å². The molecule has 6 nitrogen and oxygen atoms in total. The van der Waals surface area contributed by atoms with Crippen LogP contribution in [0.2, 0.25) is 10.3 Å². The Morgan fingerprint density at radius 1 is 1.08 bits per heavy atom. The molecule has 0 amide bonds. The topological polar surface area (TPSA) is 96.6 Å². The maximum atomic E-state index is 12.1. The van der Waals surface area contributed by atoms with Gasteiger partial charge in [-0.1, -0.05) is 11.6 Å². The van der Waals surface area contributed by atoms with E-state index in [1.165, 1.54) is 12.3 Å². The fourth-order valence-electron chi connectivity index (χ4n) is 2.35. The van der Waals surface area contributed by atoms with Gasteiger partial charge in [0.25, 0.3) is 0 Å². The number of nitrogens with zero attached hydrogens (tertiary/aromatic N) is 3. The highest BCUT2D eigenvalue weighted by Gasteiger charge is 2.09. The first kappa shape index (κ1) is 17.3. The first-order chi connectivity index (χ1) is 12.0. The van der Waals surface area contributed by atoms with Crippen LogP contribution in [0, 0.1) is 0 Å². The van der Waals surface area contributed by atoms with Crippen LogP contribution in [0.4, 0.5) is 17.2 Å². The summed E-state index contributed by atoms with van der Waals surface area (Å²) in [5.41, 5.74) is 8.66. The third-order valence-corrected chi connectivity index (χ3v) is 4.00. The third kappa shape index (κ3) is 4.49. The maximum absolute atomic E-state index is 12.1. The number of halogens is 2. The van der Waals surface area contributed by atoms with Gasteiger partial charge in [-0.2, -0.15) is 4.98 Å². The molecular weight excluding hydrogens is 361 g/mol. The van der Waals surface area contributed by atoms with Gasteiger partial charge in [0.15, 0.2) is 11.6 Å². The highest BCUT2D eigenvalue weighted by atomic mass is 35.5. The summed E-state index contributed by atoms with van der Waals surface area (Å²) in [5, 5.41) is 15.6. The quantitative estimate of drug-likeness (QED) is 0.643. The van der Waals surface area contributed by atoms with Gasteiger partial charge in [-0.3, -0.25) is 10.1 Å². The van der Waals surface area contributed by atoms with Crippen LogP contribution in [0.1, 0.15) is 11.1 Å². The molecule has 3 N–H and O–H groups in total. The zero-order valence-corrected chi connectivity index (χ0v) is 14.6. The lowest BCUT2D eigenvalue weighted by Crippen LogP contribution is -1.98. The van der Waals surface area contributed by atoms with E-state index in [0.29, 0.717) is 40.6 Å². The van der Waals surface area contributed by atoms with Crippen molar-refractivity contribution < 1.29 is 5.11 Å². The molecule has 0 fully saturated rings. The molecule has 3 aromatic rings. The minimum Gasteiger partial charge on any atom is -0.397 e. The second kappa shape index (κ2) is 7.55. The molecule has 0 atom stereocenters. The first-order valence-corrected chi connectivity index (χ1v) is 8.21. The number of pyridine rings is 1. The smallest absolute Gasteiger partial charge is 0.224 e. The van der Waals surface area contributed by atoms with Crippen molar-refractivity contribution in [2.45, 2.75) is 12.8 Å². The molecule has 2 heterocycles. The lowest BCUT2D eigenvalue weighted by atomic mass is 10.0. The van der Waals surface area contributed by atoms with Crippen LogP contribution in [0.3, 0.4) is 0 Å². The fraction of sp³-hybridized carbons (Fsp3) is 0.118. The van der Waals surface area contributed by atoms with E-state index in [9.17, 15) is 5.11 Å². The van der Waals surface area contributed by atoms with E-state index in [-0.39, 0.29) is 11.0 Å². The number of aryl methyl sites for hydroxylation is 2. The van der Waals surface area contributed by atoms with Gasteiger partial charge in [0, 0.05) is 23.6 Å². The van der Waals surface area contributed by atoms with Crippen molar-refractivity contribution in [1.29, 1.82) is 0 Å². The van der Waals surface area contributed by atoms with Crippen molar-refractivity contribution in [3.05, 3.63) is 64.3 Å². The Hall–Kier alpha value is -2.57. The number of nitrogens with two attached hydrogens (primary N) is 1. The average molecular weight is 375 g/mol. The van der Waals surface area contributed by atoms with Crippen LogP contribution in [0.15, 0.2) is 42.9 Å². The molecule has 0 spiro atoms. The van der Waals surface area contributed by atoms with Crippen LogP contribution in [-0.4, -0.2) is 15.0 Å². The number of anilines is 3. The molecule has 0 aliphatic rings. The number of aromatic nitrogens is 3. The fourth-order valence-corrected chi connectivity index (χ4v) is 2.62. The van der Waals surface area contributed by atoms with Crippen molar-refractivity contribution in [2.24, 2.45) is 0 Å². The predicted octanol–water partition coefficient (Wildman–Crippen LogP) is 4.43. The van der Waals surface area contributed by atoms with E-state index in [0.717, 1.165) is 5.56 Å². The number of hydrogen-bond donors (Lipinski definition) is 2. The summed E-state index contributed by atoms with van der Waals surface area (Å²) in [6.45, 7) is 0. The molecule has 3 rings (SSSR count). The minimum atomic E-state index is -0.0331. The molecule has 2 aromatic heterocycles. The van der Waals surface area contributed by atoms with Crippen LogP contribution in [0.25, 0.3) is 0 Å². The number of rotatable bonds is 5. The molecule has 127 valence electrons. The summed E-state index contributed by atoms with van der Waals surface area (Å²) in [7, 11) is 0. The monoisotopic (exact) mass is 374 g/mol. The number of benzene rings is 1. The molecule has 1 aromatic carbocycles. The van der Waals surface area contributed by atoms with Gasteiger partial charge in [0.1, 0.15) is 5.02 Å². The van der Waals surface area contributed by atoms with E-state index < -0.39 is 0 Å². The number of hydrogen-bond acceptors (Lipinski definition) is 5. The SMILES string of the molecule is Nc1cncc(CCc2cc(Nc3nc(Cl)ncc3Cl)ccc2[O])c1. The van der Waals surface area contributed by atoms with Crippen molar-refractivity contribution in [2.75, 3.05) is 11.1 Å². The van der Waals surface area contributed by atoms with Crippen LogP contribution >= 0.6 is 23.2 Å². The second-order valence-corrected chi connectivity index (χ2v) is 6.15. The van der Waals surface area contributed by atoms with Gasteiger partial charge >= 0.3 is 0 Å². The summed E-state index contributed by atoms with van der Waals surface area (Å²) in [4.78, 5) is 11.9. The van der Waals surface area contributed by atoms with E-state index in [4.69, 9.17) is 28.9 Å².